The number of amides is 1. The minimum Gasteiger partial charge on any atom is -0.397 e. The van der Waals surface area contributed by atoms with E-state index in [9.17, 15) is 4.79 Å². The molecule has 82 valence electrons. The summed E-state index contributed by atoms with van der Waals surface area (Å²) in [4.78, 5) is 14.8. The SMILES string of the molecule is CC(=O)NCCCCc1ncccc1N. The first-order chi connectivity index (χ1) is 7.20. The number of carbonyl (C=O) groups excluding carboxylic acids is 1. The molecule has 1 aromatic rings. The number of hydrogen-bond donors (Lipinski definition) is 2. The number of nitrogens with one attached hydrogen (secondary N) is 1. The highest BCUT2D eigenvalue weighted by atomic mass is 16.1. The second kappa shape index (κ2) is 6.01. The Bertz CT molecular complexity index is 325. The average Bonchev–Trinajstić information content (AvgIpc) is 2.20. The Kier molecular flexibility index (Phi) is 4.60. The van der Waals surface area contributed by atoms with Crippen LogP contribution in [0.1, 0.15) is 25.5 Å². The molecule has 0 saturated heterocycles. The third kappa shape index (κ3) is 4.44. The van der Waals surface area contributed by atoms with Crippen molar-refractivity contribution in [2.75, 3.05) is 12.3 Å². The van der Waals surface area contributed by atoms with Crippen LogP contribution < -0.4 is 11.1 Å². The number of anilines is 1. The lowest BCUT2D eigenvalue weighted by Gasteiger charge is -2.04. The summed E-state index contributed by atoms with van der Waals surface area (Å²) in [5.41, 5.74) is 7.44. The molecule has 1 aromatic heterocycles. The van der Waals surface area contributed by atoms with Crippen molar-refractivity contribution in [3.8, 4) is 0 Å². The monoisotopic (exact) mass is 207 g/mol. The summed E-state index contributed by atoms with van der Waals surface area (Å²) >= 11 is 0. The van der Waals surface area contributed by atoms with Gasteiger partial charge in [0.05, 0.1) is 11.4 Å². The van der Waals surface area contributed by atoms with E-state index in [1.807, 2.05) is 12.1 Å². The lowest BCUT2D eigenvalue weighted by atomic mass is 10.1. The molecule has 0 radical (unpaired) electrons. The van der Waals surface area contributed by atoms with Gasteiger partial charge < -0.3 is 11.1 Å². The number of hydrogen-bond acceptors (Lipinski definition) is 3. The number of rotatable bonds is 5. The van der Waals surface area contributed by atoms with Crippen LogP contribution in [0.5, 0.6) is 0 Å². The molecule has 1 rings (SSSR count). The molecule has 1 heterocycles. The first-order valence-electron chi connectivity index (χ1n) is 5.14. The quantitative estimate of drug-likeness (QED) is 0.711. The van der Waals surface area contributed by atoms with Gasteiger partial charge in [0.1, 0.15) is 0 Å². The lowest BCUT2D eigenvalue weighted by Crippen LogP contribution is -2.20. The maximum atomic E-state index is 10.6. The fourth-order valence-electron chi connectivity index (χ4n) is 1.34. The zero-order valence-corrected chi connectivity index (χ0v) is 8.99. The number of aryl methyl sites for hydroxylation is 1. The van der Waals surface area contributed by atoms with Crippen molar-refractivity contribution < 1.29 is 4.79 Å². The highest BCUT2D eigenvalue weighted by Gasteiger charge is 1.99. The smallest absolute Gasteiger partial charge is 0.216 e. The standard InChI is InChI=1S/C11H17N3O/c1-9(15)13-7-3-2-6-11-10(12)5-4-8-14-11/h4-5,8H,2-3,6-7,12H2,1H3,(H,13,15). The van der Waals surface area contributed by atoms with Gasteiger partial charge in [0, 0.05) is 19.7 Å². The van der Waals surface area contributed by atoms with Crippen LogP contribution in [0.4, 0.5) is 5.69 Å². The van der Waals surface area contributed by atoms with Crippen molar-refractivity contribution in [3.63, 3.8) is 0 Å². The average molecular weight is 207 g/mol. The third-order valence-corrected chi connectivity index (χ3v) is 2.14. The van der Waals surface area contributed by atoms with Crippen LogP contribution in [-0.4, -0.2) is 17.4 Å². The second-order valence-corrected chi connectivity index (χ2v) is 3.48. The van der Waals surface area contributed by atoms with Gasteiger partial charge in [-0.15, -0.1) is 0 Å². The molecule has 4 nitrogen and oxygen atoms in total. The normalized spacial score (nSPS) is 9.93. The van der Waals surface area contributed by atoms with Crippen LogP contribution in [0.3, 0.4) is 0 Å². The van der Waals surface area contributed by atoms with E-state index in [0.717, 1.165) is 37.2 Å². The van der Waals surface area contributed by atoms with Crippen molar-refractivity contribution >= 4 is 11.6 Å². The molecule has 0 bridgehead atoms. The molecule has 15 heavy (non-hydrogen) atoms. The van der Waals surface area contributed by atoms with Gasteiger partial charge >= 0.3 is 0 Å². The van der Waals surface area contributed by atoms with Crippen molar-refractivity contribution in [2.45, 2.75) is 26.2 Å². The summed E-state index contributed by atoms with van der Waals surface area (Å²) in [5.74, 6) is 0.0207. The van der Waals surface area contributed by atoms with Gasteiger partial charge in [0.2, 0.25) is 5.91 Å². The van der Waals surface area contributed by atoms with E-state index in [-0.39, 0.29) is 5.91 Å². The van der Waals surface area contributed by atoms with Crippen LogP contribution in [0, 0.1) is 0 Å². The van der Waals surface area contributed by atoms with E-state index < -0.39 is 0 Å². The van der Waals surface area contributed by atoms with Gasteiger partial charge in [0.25, 0.3) is 0 Å². The van der Waals surface area contributed by atoms with E-state index >= 15 is 0 Å². The highest BCUT2D eigenvalue weighted by Crippen LogP contribution is 2.09. The van der Waals surface area contributed by atoms with Gasteiger partial charge in [-0.05, 0) is 31.4 Å². The number of nitrogens with two attached hydrogens (primary N) is 1. The molecule has 0 atom stereocenters. The van der Waals surface area contributed by atoms with Crippen LogP contribution in [0.25, 0.3) is 0 Å². The van der Waals surface area contributed by atoms with E-state index in [2.05, 4.69) is 10.3 Å². The van der Waals surface area contributed by atoms with Crippen LogP contribution in [0.2, 0.25) is 0 Å². The Morgan fingerprint density at radius 3 is 3.00 bits per heavy atom. The topological polar surface area (TPSA) is 68.0 Å². The predicted octanol–water partition coefficient (Wildman–Crippen LogP) is 1.12. The summed E-state index contributed by atoms with van der Waals surface area (Å²) in [6, 6.07) is 3.69. The molecule has 0 aliphatic heterocycles. The summed E-state index contributed by atoms with van der Waals surface area (Å²) in [6.07, 6.45) is 4.56. The minimum atomic E-state index is 0.0207. The molecular weight excluding hydrogens is 190 g/mol. The Morgan fingerprint density at radius 1 is 1.53 bits per heavy atom. The summed E-state index contributed by atoms with van der Waals surface area (Å²) < 4.78 is 0. The van der Waals surface area contributed by atoms with Crippen LogP contribution in [-0.2, 0) is 11.2 Å². The van der Waals surface area contributed by atoms with Crippen LogP contribution >= 0.6 is 0 Å². The first-order valence-corrected chi connectivity index (χ1v) is 5.14. The Labute approximate surface area is 89.9 Å². The van der Waals surface area contributed by atoms with Gasteiger partial charge in [-0.2, -0.15) is 0 Å². The molecule has 0 spiro atoms. The molecular formula is C11H17N3O. The lowest BCUT2D eigenvalue weighted by molar-refractivity contribution is -0.118. The Morgan fingerprint density at radius 2 is 2.33 bits per heavy atom. The maximum absolute atomic E-state index is 10.6. The number of carbonyl (C=O) groups is 1. The molecule has 0 fully saturated rings. The van der Waals surface area contributed by atoms with Crippen molar-refractivity contribution in [3.05, 3.63) is 24.0 Å². The fourth-order valence-corrected chi connectivity index (χ4v) is 1.34. The number of pyridine rings is 1. The van der Waals surface area contributed by atoms with E-state index in [4.69, 9.17) is 5.73 Å². The largest absolute Gasteiger partial charge is 0.397 e. The number of unbranched alkanes of at least 4 members (excludes halogenated alkanes) is 1. The Balaban J connectivity index is 2.21. The fraction of sp³-hybridized carbons (Fsp3) is 0.455. The Hall–Kier alpha value is -1.58. The molecule has 0 aromatic carbocycles. The van der Waals surface area contributed by atoms with Crippen LogP contribution in [0.15, 0.2) is 18.3 Å². The van der Waals surface area contributed by atoms with Crippen molar-refractivity contribution in [1.82, 2.24) is 10.3 Å². The van der Waals surface area contributed by atoms with Crippen molar-refractivity contribution in [1.29, 1.82) is 0 Å². The number of nitrogens with zero attached hydrogens (tertiary/aromatic N) is 1. The van der Waals surface area contributed by atoms with Gasteiger partial charge in [-0.3, -0.25) is 9.78 Å². The van der Waals surface area contributed by atoms with Gasteiger partial charge in [0.15, 0.2) is 0 Å². The van der Waals surface area contributed by atoms with Crippen molar-refractivity contribution in [2.24, 2.45) is 0 Å². The summed E-state index contributed by atoms with van der Waals surface area (Å²) in [7, 11) is 0. The number of aromatic nitrogens is 1. The van der Waals surface area contributed by atoms with E-state index in [0.29, 0.717) is 0 Å². The molecule has 0 saturated carbocycles. The molecule has 0 aliphatic carbocycles. The van der Waals surface area contributed by atoms with E-state index in [1.54, 1.807) is 6.20 Å². The zero-order valence-electron chi connectivity index (χ0n) is 8.99. The van der Waals surface area contributed by atoms with Gasteiger partial charge in [-0.1, -0.05) is 0 Å². The molecule has 0 aliphatic rings. The van der Waals surface area contributed by atoms with E-state index in [1.165, 1.54) is 6.92 Å². The molecule has 3 N–H and O–H groups in total. The summed E-state index contributed by atoms with van der Waals surface area (Å²) in [5, 5.41) is 2.76. The third-order valence-electron chi connectivity index (χ3n) is 2.14. The van der Waals surface area contributed by atoms with Gasteiger partial charge in [-0.25, -0.2) is 0 Å². The number of nitrogen functional groups attached to an aromatic ring is 1. The minimum absolute atomic E-state index is 0.0207. The first kappa shape index (κ1) is 11.5. The highest BCUT2D eigenvalue weighted by molar-refractivity contribution is 5.72. The maximum Gasteiger partial charge on any atom is 0.216 e. The molecule has 0 unspecified atom stereocenters. The summed E-state index contributed by atoms with van der Waals surface area (Å²) in [6.45, 7) is 2.25. The molecule has 1 amide bonds. The predicted molar refractivity (Wildman–Crippen MR) is 60.3 cm³/mol. The zero-order chi connectivity index (χ0) is 11.1. The molecule has 4 heteroatoms. The second-order valence-electron chi connectivity index (χ2n) is 3.48.